The Morgan fingerprint density at radius 2 is 2.17 bits per heavy atom. The van der Waals surface area contributed by atoms with Crippen LogP contribution in [0, 0.1) is 0 Å². The summed E-state index contributed by atoms with van der Waals surface area (Å²) in [4.78, 5) is 17.5. The molecule has 0 bridgehead atoms. The molecule has 0 aromatic carbocycles. The van der Waals surface area contributed by atoms with Crippen LogP contribution in [0.4, 0.5) is 4.79 Å². The highest BCUT2D eigenvalue weighted by molar-refractivity contribution is 6.70. The number of nitrogens with one attached hydrogen (secondary N) is 1. The van der Waals surface area contributed by atoms with Gasteiger partial charge in [-0.3, -0.25) is 0 Å². The molecule has 0 radical (unpaired) electrons. The highest BCUT2D eigenvalue weighted by Gasteiger charge is 2.37. The van der Waals surface area contributed by atoms with Crippen LogP contribution in [0.5, 0.6) is 0 Å². The van der Waals surface area contributed by atoms with E-state index in [1.165, 1.54) is 4.90 Å². The van der Waals surface area contributed by atoms with Gasteiger partial charge in [-0.15, -0.1) is 0 Å². The number of hydrogen-bond donors (Lipinski definition) is 1. The molecule has 5 nitrogen and oxygen atoms in total. The second-order valence-electron chi connectivity index (χ2n) is 5.11. The standard InChI is InChI=1S/C11H15Cl2N3O2/c1-11(2,3)18-10(17)16-7-5-14-4-6(7)8(12)15-9(16)13/h9,14H,4-5H2,1-3H3. The van der Waals surface area contributed by atoms with Gasteiger partial charge in [-0.2, -0.15) is 0 Å². The van der Waals surface area contributed by atoms with Gasteiger partial charge in [0, 0.05) is 24.4 Å². The minimum absolute atomic E-state index is 0.356. The third-order valence-corrected chi connectivity index (χ3v) is 3.12. The first-order valence-electron chi connectivity index (χ1n) is 5.62. The lowest BCUT2D eigenvalue weighted by Gasteiger charge is -2.32. The van der Waals surface area contributed by atoms with E-state index in [4.69, 9.17) is 27.9 Å². The summed E-state index contributed by atoms with van der Waals surface area (Å²) in [5, 5.41) is 3.47. The van der Waals surface area contributed by atoms with Crippen molar-refractivity contribution in [3.8, 4) is 0 Å². The lowest BCUT2D eigenvalue weighted by Crippen LogP contribution is -2.43. The topological polar surface area (TPSA) is 53.9 Å². The molecule has 1 amide bonds. The average Bonchev–Trinajstić information content (AvgIpc) is 2.63. The molecule has 1 atom stereocenters. The number of carbonyl (C=O) groups excluding carboxylic acids is 1. The molecule has 2 aliphatic rings. The quantitative estimate of drug-likeness (QED) is 0.550. The van der Waals surface area contributed by atoms with Crippen LogP contribution in [-0.4, -0.2) is 40.5 Å². The van der Waals surface area contributed by atoms with Crippen molar-refractivity contribution in [1.82, 2.24) is 10.2 Å². The van der Waals surface area contributed by atoms with Crippen molar-refractivity contribution in [2.24, 2.45) is 4.99 Å². The molecule has 7 heteroatoms. The van der Waals surface area contributed by atoms with Crippen molar-refractivity contribution in [2.45, 2.75) is 32.0 Å². The fourth-order valence-corrected chi connectivity index (χ4v) is 2.42. The van der Waals surface area contributed by atoms with Crippen LogP contribution < -0.4 is 5.32 Å². The summed E-state index contributed by atoms with van der Waals surface area (Å²) in [7, 11) is 0. The van der Waals surface area contributed by atoms with Crippen LogP contribution >= 0.6 is 23.2 Å². The zero-order chi connectivity index (χ0) is 13.5. The van der Waals surface area contributed by atoms with Crippen LogP contribution in [0.25, 0.3) is 0 Å². The monoisotopic (exact) mass is 291 g/mol. The van der Waals surface area contributed by atoms with Crippen LogP contribution in [0.3, 0.4) is 0 Å². The maximum absolute atomic E-state index is 12.1. The van der Waals surface area contributed by atoms with Gasteiger partial charge in [0.05, 0.1) is 0 Å². The highest BCUT2D eigenvalue weighted by atomic mass is 35.5. The largest absolute Gasteiger partial charge is 0.443 e. The maximum atomic E-state index is 12.1. The third-order valence-electron chi connectivity index (χ3n) is 2.51. The number of amides is 1. The molecule has 2 heterocycles. The lowest BCUT2D eigenvalue weighted by atomic mass is 10.2. The maximum Gasteiger partial charge on any atom is 0.417 e. The number of alkyl halides is 1. The van der Waals surface area contributed by atoms with E-state index < -0.39 is 17.3 Å². The number of halogens is 2. The molecule has 18 heavy (non-hydrogen) atoms. The van der Waals surface area contributed by atoms with E-state index in [1.807, 2.05) is 0 Å². The van der Waals surface area contributed by atoms with E-state index >= 15 is 0 Å². The molecule has 100 valence electrons. The van der Waals surface area contributed by atoms with Crippen molar-refractivity contribution in [3.05, 3.63) is 11.3 Å². The van der Waals surface area contributed by atoms with Crippen LogP contribution in [0.2, 0.25) is 0 Å². The normalized spacial score (nSPS) is 23.9. The molecular weight excluding hydrogens is 277 g/mol. The van der Waals surface area contributed by atoms with Gasteiger partial charge >= 0.3 is 6.09 Å². The SMILES string of the molecule is CC(C)(C)OC(=O)N1C2=C(CNC2)C(Cl)=NC1Cl. The molecule has 1 unspecified atom stereocenters. The summed E-state index contributed by atoms with van der Waals surface area (Å²) in [6.07, 6.45) is -0.508. The Labute approximate surface area is 116 Å². The summed E-state index contributed by atoms with van der Waals surface area (Å²) in [6.45, 7) is 6.52. The molecule has 2 rings (SSSR count). The van der Waals surface area contributed by atoms with Gasteiger partial charge in [0.2, 0.25) is 5.62 Å². The van der Waals surface area contributed by atoms with E-state index in [9.17, 15) is 4.79 Å². The van der Waals surface area contributed by atoms with E-state index in [0.29, 0.717) is 18.3 Å². The average molecular weight is 292 g/mol. The first kappa shape index (κ1) is 13.6. The molecule has 1 N–H and O–H groups in total. The minimum Gasteiger partial charge on any atom is -0.443 e. The summed E-state index contributed by atoms with van der Waals surface area (Å²) < 4.78 is 5.32. The number of ether oxygens (including phenoxy) is 1. The van der Waals surface area contributed by atoms with Gasteiger partial charge in [0.15, 0.2) is 0 Å². The Morgan fingerprint density at radius 1 is 1.50 bits per heavy atom. The Bertz CT molecular complexity index is 440. The molecule has 0 saturated heterocycles. The predicted octanol–water partition coefficient (Wildman–Crippen LogP) is 2.25. The van der Waals surface area contributed by atoms with Gasteiger partial charge in [-0.1, -0.05) is 23.2 Å². The smallest absolute Gasteiger partial charge is 0.417 e. The fraction of sp³-hybridized carbons (Fsp3) is 0.636. The zero-order valence-corrected chi connectivity index (χ0v) is 12.0. The minimum atomic E-state index is -0.856. The van der Waals surface area contributed by atoms with E-state index in [0.717, 1.165) is 11.3 Å². The second-order valence-corrected chi connectivity index (χ2v) is 5.86. The van der Waals surface area contributed by atoms with E-state index in [2.05, 4.69) is 10.3 Å². The Balaban J connectivity index is 2.25. The zero-order valence-electron chi connectivity index (χ0n) is 10.5. The summed E-state index contributed by atoms with van der Waals surface area (Å²) in [5.74, 6) is 0. The number of rotatable bonds is 0. The van der Waals surface area contributed by atoms with Gasteiger partial charge in [-0.05, 0) is 20.8 Å². The molecule has 0 aromatic heterocycles. The summed E-state index contributed by atoms with van der Waals surface area (Å²) >= 11 is 12.1. The second kappa shape index (κ2) is 4.72. The summed E-state index contributed by atoms with van der Waals surface area (Å²) in [6, 6.07) is 0. The number of hydrogen-bond acceptors (Lipinski definition) is 4. The fourth-order valence-electron chi connectivity index (χ4n) is 1.80. The van der Waals surface area contributed by atoms with Crippen molar-refractivity contribution in [2.75, 3.05) is 13.1 Å². The molecule has 0 saturated carbocycles. The molecule has 0 aromatic rings. The molecule has 2 aliphatic heterocycles. The highest BCUT2D eigenvalue weighted by Crippen LogP contribution is 2.29. The van der Waals surface area contributed by atoms with Gasteiger partial charge in [-0.25, -0.2) is 14.7 Å². The van der Waals surface area contributed by atoms with E-state index in [1.54, 1.807) is 20.8 Å². The molecule has 0 spiro atoms. The lowest BCUT2D eigenvalue weighted by molar-refractivity contribution is 0.0291. The predicted molar refractivity (Wildman–Crippen MR) is 70.9 cm³/mol. The number of carbonyl (C=O) groups is 1. The first-order valence-corrected chi connectivity index (χ1v) is 6.44. The number of aliphatic imine (C=N–C) groups is 1. The molecule has 0 aliphatic carbocycles. The Hall–Kier alpha value is -0.780. The van der Waals surface area contributed by atoms with Gasteiger partial charge in [0.1, 0.15) is 10.8 Å². The Morgan fingerprint density at radius 3 is 2.78 bits per heavy atom. The number of nitrogens with zero attached hydrogens (tertiary/aromatic N) is 2. The van der Waals surface area contributed by atoms with Crippen LogP contribution in [-0.2, 0) is 4.74 Å². The van der Waals surface area contributed by atoms with Gasteiger partial charge in [0.25, 0.3) is 0 Å². The van der Waals surface area contributed by atoms with Crippen molar-refractivity contribution in [3.63, 3.8) is 0 Å². The van der Waals surface area contributed by atoms with Crippen molar-refractivity contribution < 1.29 is 9.53 Å². The van der Waals surface area contributed by atoms with Crippen LogP contribution in [0.1, 0.15) is 20.8 Å². The van der Waals surface area contributed by atoms with Gasteiger partial charge < -0.3 is 10.1 Å². The first-order chi connectivity index (χ1) is 8.29. The van der Waals surface area contributed by atoms with Crippen LogP contribution in [0.15, 0.2) is 16.3 Å². The molecule has 0 fully saturated rings. The summed E-state index contributed by atoms with van der Waals surface area (Å²) in [5.41, 5.74) is 0.112. The van der Waals surface area contributed by atoms with Crippen molar-refractivity contribution in [1.29, 1.82) is 0 Å². The Kier molecular flexibility index (Phi) is 3.58. The molecular formula is C11H15Cl2N3O2. The van der Waals surface area contributed by atoms with Crippen molar-refractivity contribution >= 4 is 34.5 Å². The van der Waals surface area contributed by atoms with E-state index in [-0.39, 0.29) is 0 Å². The third kappa shape index (κ3) is 2.63.